The van der Waals surface area contributed by atoms with Gasteiger partial charge in [0.2, 0.25) is 0 Å². The lowest BCUT2D eigenvalue weighted by molar-refractivity contribution is 0.107. The highest BCUT2D eigenvalue weighted by molar-refractivity contribution is 5.48. The van der Waals surface area contributed by atoms with Gasteiger partial charge in [-0.15, -0.1) is 0 Å². The smallest absolute Gasteiger partial charge is 0.165 e. The number of nitrogens with two attached hydrogens (primary N) is 1. The van der Waals surface area contributed by atoms with Crippen molar-refractivity contribution in [1.82, 2.24) is 5.32 Å². The van der Waals surface area contributed by atoms with Crippen molar-refractivity contribution in [2.45, 2.75) is 25.0 Å². The van der Waals surface area contributed by atoms with E-state index in [-0.39, 0.29) is 6.04 Å². The van der Waals surface area contributed by atoms with E-state index in [1.54, 1.807) is 14.2 Å². The maximum Gasteiger partial charge on any atom is 0.165 e. The number of nitrogens with one attached hydrogen (secondary N) is 1. The van der Waals surface area contributed by atoms with Crippen molar-refractivity contribution in [3.8, 4) is 11.5 Å². The third-order valence-electron chi connectivity index (χ3n) is 3.66. The normalized spacial score (nSPS) is 19.9. The number of para-hydroxylation sites is 1. The van der Waals surface area contributed by atoms with Crippen LogP contribution in [0.2, 0.25) is 0 Å². The highest BCUT2D eigenvalue weighted by atomic mass is 16.5. The summed E-state index contributed by atoms with van der Waals surface area (Å²) in [7, 11) is 3.29. The molecule has 0 aromatic heterocycles. The van der Waals surface area contributed by atoms with E-state index in [4.69, 9.17) is 19.9 Å². The van der Waals surface area contributed by atoms with E-state index in [0.29, 0.717) is 12.6 Å². The van der Waals surface area contributed by atoms with Crippen molar-refractivity contribution in [3.05, 3.63) is 23.8 Å². The summed E-state index contributed by atoms with van der Waals surface area (Å²) in [5, 5.41) is 3.47. The van der Waals surface area contributed by atoms with Gasteiger partial charge in [-0.3, -0.25) is 0 Å². The van der Waals surface area contributed by atoms with Crippen LogP contribution in [0.5, 0.6) is 11.5 Å². The second-order valence-electron chi connectivity index (χ2n) is 4.91. The molecule has 2 atom stereocenters. The fourth-order valence-electron chi connectivity index (χ4n) is 2.59. The second-order valence-corrected chi connectivity index (χ2v) is 4.91. The molecule has 1 aliphatic heterocycles. The van der Waals surface area contributed by atoms with Crippen molar-refractivity contribution in [2.24, 2.45) is 5.73 Å². The molecule has 1 aliphatic rings. The minimum Gasteiger partial charge on any atom is -0.493 e. The molecule has 0 bridgehead atoms. The fraction of sp³-hybridized carbons (Fsp3) is 0.600. The Kier molecular flexibility index (Phi) is 5.64. The fourth-order valence-corrected chi connectivity index (χ4v) is 2.59. The third kappa shape index (κ3) is 3.42. The molecule has 5 nitrogen and oxygen atoms in total. The molecule has 112 valence electrons. The van der Waals surface area contributed by atoms with E-state index >= 15 is 0 Å². The van der Waals surface area contributed by atoms with Crippen LogP contribution in [0, 0.1) is 0 Å². The van der Waals surface area contributed by atoms with Crippen LogP contribution in [0.25, 0.3) is 0 Å². The summed E-state index contributed by atoms with van der Waals surface area (Å²) < 4.78 is 16.4. The molecule has 5 heteroatoms. The average Bonchev–Trinajstić information content (AvgIpc) is 3.00. The maximum absolute atomic E-state index is 5.90. The van der Waals surface area contributed by atoms with Gasteiger partial charge in [-0.05, 0) is 18.9 Å². The van der Waals surface area contributed by atoms with Gasteiger partial charge in [0, 0.05) is 31.3 Å². The Morgan fingerprint density at radius 2 is 2.25 bits per heavy atom. The van der Waals surface area contributed by atoms with E-state index in [1.807, 2.05) is 18.2 Å². The first-order valence-electron chi connectivity index (χ1n) is 7.06. The van der Waals surface area contributed by atoms with E-state index in [0.717, 1.165) is 43.1 Å². The molecule has 0 amide bonds. The Bertz CT molecular complexity index is 420. The van der Waals surface area contributed by atoms with Gasteiger partial charge in [-0.1, -0.05) is 12.1 Å². The molecule has 0 spiro atoms. The Hall–Kier alpha value is -1.30. The molecule has 1 saturated heterocycles. The number of hydrogen-bond donors (Lipinski definition) is 2. The zero-order chi connectivity index (χ0) is 14.4. The van der Waals surface area contributed by atoms with E-state index < -0.39 is 0 Å². The van der Waals surface area contributed by atoms with Crippen LogP contribution in [0.4, 0.5) is 0 Å². The van der Waals surface area contributed by atoms with Crippen LogP contribution < -0.4 is 20.5 Å². The predicted octanol–water partition coefficient (Wildman–Crippen LogP) is 1.47. The van der Waals surface area contributed by atoms with Gasteiger partial charge in [0.25, 0.3) is 0 Å². The van der Waals surface area contributed by atoms with E-state index in [2.05, 4.69) is 5.32 Å². The van der Waals surface area contributed by atoms with E-state index in [1.165, 1.54) is 0 Å². The molecule has 1 heterocycles. The molecule has 1 aromatic rings. The number of hydrogen-bond acceptors (Lipinski definition) is 5. The van der Waals surface area contributed by atoms with Crippen LogP contribution in [0.3, 0.4) is 0 Å². The first kappa shape index (κ1) is 15.1. The molecule has 0 saturated carbocycles. The lowest BCUT2D eigenvalue weighted by Gasteiger charge is -2.22. The van der Waals surface area contributed by atoms with Gasteiger partial charge < -0.3 is 25.3 Å². The third-order valence-corrected chi connectivity index (χ3v) is 3.66. The van der Waals surface area contributed by atoms with Crippen LogP contribution in [0.1, 0.15) is 24.4 Å². The number of benzene rings is 1. The van der Waals surface area contributed by atoms with Gasteiger partial charge >= 0.3 is 0 Å². The minimum absolute atomic E-state index is 0.0317. The standard InChI is InChI=1S/C15H24N2O3/c1-18-14-7-3-6-12(15(14)19-2)13(9-16)17-10-11-5-4-8-20-11/h3,6-7,11,13,17H,4-5,8-10,16H2,1-2H3. The summed E-state index contributed by atoms with van der Waals surface area (Å²) in [6.07, 6.45) is 2.54. The van der Waals surface area contributed by atoms with Gasteiger partial charge in [0.15, 0.2) is 11.5 Å². The number of methoxy groups -OCH3 is 2. The molecule has 1 aromatic carbocycles. The molecule has 0 aliphatic carbocycles. The number of ether oxygens (including phenoxy) is 3. The van der Waals surface area contributed by atoms with Crippen molar-refractivity contribution in [2.75, 3.05) is 33.9 Å². The Morgan fingerprint density at radius 3 is 2.85 bits per heavy atom. The lowest BCUT2D eigenvalue weighted by Crippen LogP contribution is -2.34. The monoisotopic (exact) mass is 280 g/mol. The second kappa shape index (κ2) is 7.47. The zero-order valence-electron chi connectivity index (χ0n) is 12.2. The molecular formula is C15H24N2O3. The molecule has 1 fully saturated rings. The van der Waals surface area contributed by atoms with Crippen molar-refractivity contribution < 1.29 is 14.2 Å². The first-order valence-corrected chi connectivity index (χ1v) is 7.06. The van der Waals surface area contributed by atoms with Gasteiger partial charge in [-0.2, -0.15) is 0 Å². The van der Waals surface area contributed by atoms with Gasteiger partial charge in [-0.25, -0.2) is 0 Å². The van der Waals surface area contributed by atoms with Crippen LogP contribution >= 0.6 is 0 Å². The van der Waals surface area contributed by atoms with E-state index in [9.17, 15) is 0 Å². The Labute approximate surface area is 120 Å². The molecule has 2 rings (SSSR count). The summed E-state index contributed by atoms with van der Waals surface area (Å²) in [6, 6.07) is 5.88. The van der Waals surface area contributed by atoms with Crippen molar-refractivity contribution in [3.63, 3.8) is 0 Å². The van der Waals surface area contributed by atoms with Crippen molar-refractivity contribution >= 4 is 0 Å². The molecule has 20 heavy (non-hydrogen) atoms. The minimum atomic E-state index is 0.0317. The summed E-state index contributed by atoms with van der Waals surface area (Å²) in [6.45, 7) is 2.17. The SMILES string of the molecule is COc1cccc(C(CN)NCC2CCCO2)c1OC. The van der Waals surface area contributed by atoms with Crippen LogP contribution in [-0.2, 0) is 4.74 Å². The lowest BCUT2D eigenvalue weighted by atomic mass is 10.0. The summed E-state index contributed by atoms with van der Waals surface area (Å²) >= 11 is 0. The quantitative estimate of drug-likeness (QED) is 0.792. The average molecular weight is 280 g/mol. The summed E-state index contributed by atoms with van der Waals surface area (Å²) in [5.74, 6) is 1.47. The van der Waals surface area contributed by atoms with Gasteiger partial charge in [0.05, 0.1) is 20.3 Å². The van der Waals surface area contributed by atoms with Crippen LogP contribution in [-0.4, -0.2) is 40.0 Å². The molecule has 3 N–H and O–H groups in total. The maximum atomic E-state index is 5.90. The largest absolute Gasteiger partial charge is 0.493 e. The van der Waals surface area contributed by atoms with Crippen LogP contribution in [0.15, 0.2) is 18.2 Å². The van der Waals surface area contributed by atoms with Gasteiger partial charge in [0.1, 0.15) is 0 Å². The summed E-state index contributed by atoms with van der Waals surface area (Å²) in [4.78, 5) is 0. The highest BCUT2D eigenvalue weighted by Gasteiger charge is 2.21. The highest BCUT2D eigenvalue weighted by Crippen LogP contribution is 2.34. The topological polar surface area (TPSA) is 65.7 Å². The Morgan fingerprint density at radius 1 is 1.40 bits per heavy atom. The Balaban J connectivity index is 2.09. The zero-order valence-corrected chi connectivity index (χ0v) is 12.2. The predicted molar refractivity (Wildman–Crippen MR) is 78.3 cm³/mol. The molecular weight excluding hydrogens is 256 g/mol. The number of rotatable bonds is 7. The molecule has 0 radical (unpaired) electrons. The summed E-state index contributed by atoms with van der Waals surface area (Å²) in [5.41, 5.74) is 6.93. The first-order chi connectivity index (χ1) is 9.80. The molecule has 2 unspecified atom stereocenters. The van der Waals surface area contributed by atoms with Crippen molar-refractivity contribution in [1.29, 1.82) is 0 Å².